The van der Waals surface area contributed by atoms with E-state index in [9.17, 15) is 4.39 Å². The topological polar surface area (TPSA) is 54.9 Å². The second-order valence-electron chi connectivity index (χ2n) is 4.76. The van der Waals surface area contributed by atoms with Gasteiger partial charge in [0.25, 0.3) is 0 Å². The van der Waals surface area contributed by atoms with Crippen molar-refractivity contribution in [2.45, 2.75) is 26.5 Å². The number of ether oxygens (including phenoxy) is 2. The van der Waals surface area contributed by atoms with Gasteiger partial charge in [0, 0.05) is 46.0 Å². The standard InChI is InChI=1S/C16H26FN3O2/c1-4-22-9-5-8-19-16(18-2)20-11-13-6-7-15(17)14(10-13)12-21-3/h6-7,10H,4-5,8-9,11-12H2,1-3H3,(H2,18,19,20). The van der Waals surface area contributed by atoms with Crippen LogP contribution in [0.3, 0.4) is 0 Å². The Morgan fingerprint density at radius 2 is 2.14 bits per heavy atom. The molecule has 0 aliphatic carbocycles. The van der Waals surface area contributed by atoms with Crippen molar-refractivity contribution in [2.24, 2.45) is 4.99 Å². The molecule has 1 aromatic carbocycles. The van der Waals surface area contributed by atoms with Crippen LogP contribution >= 0.6 is 0 Å². The number of nitrogens with one attached hydrogen (secondary N) is 2. The summed E-state index contributed by atoms with van der Waals surface area (Å²) in [5.41, 5.74) is 1.53. The van der Waals surface area contributed by atoms with Crippen LogP contribution in [0.4, 0.5) is 4.39 Å². The Hall–Kier alpha value is -1.66. The Morgan fingerprint density at radius 1 is 1.32 bits per heavy atom. The normalized spacial score (nSPS) is 11.5. The van der Waals surface area contributed by atoms with E-state index in [1.54, 1.807) is 26.3 Å². The van der Waals surface area contributed by atoms with Crippen LogP contribution in [0.1, 0.15) is 24.5 Å². The molecular weight excluding hydrogens is 285 g/mol. The van der Waals surface area contributed by atoms with Gasteiger partial charge in [-0.15, -0.1) is 0 Å². The fourth-order valence-corrected chi connectivity index (χ4v) is 1.94. The van der Waals surface area contributed by atoms with Crippen LogP contribution in [-0.4, -0.2) is 39.9 Å². The smallest absolute Gasteiger partial charge is 0.191 e. The van der Waals surface area contributed by atoms with E-state index in [0.717, 1.165) is 31.7 Å². The zero-order valence-corrected chi connectivity index (χ0v) is 13.6. The van der Waals surface area contributed by atoms with Crippen LogP contribution in [0.2, 0.25) is 0 Å². The maximum atomic E-state index is 13.5. The average Bonchev–Trinajstić information content (AvgIpc) is 2.53. The first-order valence-electron chi connectivity index (χ1n) is 7.49. The Kier molecular flexibility index (Phi) is 9.18. The van der Waals surface area contributed by atoms with Gasteiger partial charge < -0.3 is 20.1 Å². The molecule has 0 spiro atoms. The van der Waals surface area contributed by atoms with Gasteiger partial charge in [0.1, 0.15) is 5.82 Å². The van der Waals surface area contributed by atoms with E-state index < -0.39 is 0 Å². The van der Waals surface area contributed by atoms with Crippen LogP contribution in [-0.2, 0) is 22.6 Å². The number of halogens is 1. The van der Waals surface area contributed by atoms with Gasteiger partial charge in [-0.3, -0.25) is 4.99 Å². The lowest BCUT2D eigenvalue weighted by atomic mass is 10.1. The van der Waals surface area contributed by atoms with E-state index in [0.29, 0.717) is 18.1 Å². The lowest BCUT2D eigenvalue weighted by Gasteiger charge is -2.12. The molecule has 0 aliphatic heterocycles. The fourth-order valence-electron chi connectivity index (χ4n) is 1.94. The third-order valence-corrected chi connectivity index (χ3v) is 3.06. The monoisotopic (exact) mass is 311 g/mol. The Labute approximate surface area is 131 Å². The molecule has 0 atom stereocenters. The highest BCUT2D eigenvalue weighted by molar-refractivity contribution is 5.79. The summed E-state index contributed by atoms with van der Waals surface area (Å²) >= 11 is 0. The quantitative estimate of drug-likeness (QED) is 0.416. The van der Waals surface area contributed by atoms with Gasteiger partial charge in [-0.1, -0.05) is 6.07 Å². The molecule has 22 heavy (non-hydrogen) atoms. The van der Waals surface area contributed by atoms with Gasteiger partial charge in [-0.2, -0.15) is 0 Å². The number of aliphatic imine (C=N–C) groups is 1. The molecule has 1 aromatic rings. The number of nitrogens with zero attached hydrogens (tertiary/aromatic N) is 1. The van der Waals surface area contributed by atoms with Crippen molar-refractivity contribution in [1.29, 1.82) is 0 Å². The van der Waals surface area contributed by atoms with Crippen molar-refractivity contribution in [3.05, 3.63) is 35.1 Å². The molecule has 0 unspecified atom stereocenters. The summed E-state index contributed by atoms with van der Waals surface area (Å²) < 4.78 is 23.8. The number of methoxy groups -OCH3 is 1. The lowest BCUT2D eigenvalue weighted by Crippen LogP contribution is -2.37. The molecular formula is C16H26FN3O2. The van der Waals surface area contributed by atoms with Crippen molar-refractivity contribution < 1.29 is 13.9 Å². The lowest BCUT2D eigenvalue weighted by molar-refractivity contribution is 0.145. The van der Waals surface area contributed by atoms with Gasteiger partial charge in [-0.25, -0.2) is 4.39 Å². The molecule has 5 nitrogen and oxygen atoms in total. The number of benzene rings is 1. The first kappa shape index (κ1) is 18.4. The van der Waals surface area contributed by atoms with Gasteiger partial charge in [0.05, 0.1) is 6.61 Å². The van der Waals surface area contributed by atoms with Crippen LogP contribution in [0.5, 0.6) is 0 Å². The van der Waals surface area contributed by atoms with Gasteiger partial charge in [0.2, 0.25) is 0 Å². The summed E-state index contributed by atoms with van der Waals surface area (Å²) in [7, 11) is 3.28. The minimum Gasteiger partial charge on any atom is -0.382 e. The number of rotatable bonds is 9. The van der Waals surface area contributed by atoms with E-state index in [4.69, 9.17) is 9.47 Å². The summed E-state index contributed by atoms with van der Waals surface area (Å²) in [6, 6.07) is 5.02. The fraction of sp³-hybridized carbons (Fsp3) is 0.562. The maximum Gasteiger partial charge on any atom is 0.191 e. The number of hydrogen-bond acceptors (Lipinski definition) is 3. The van der Waals surface area contributed by atoms with Crippen molar-refractivity contribution in [1.82, 2.24) is 10.6 Å². The van der Waals surface area contributed by atoms with E-state index in [1.807, 2.05) is 6.92 Å². The first-order valence-corrected chi connectivity index (χ1v) is 7.49. The molecule has 0 aliphatic rings. The van der Waals surface area contributed by atoms with Crippen molar-refractivity contribution in [2.75, 3.05) is 33.9 Å². The molecule has 0 heterocycles. The highest BCUT2D eigenvalue weighted by Gasteiger charge is 2.04. The molecule has 0 aromatic heterocycles. The summed E-state index contributed by atoms with van der Waals surface area (Å²) in [5.74, 6) is 0.471. The van der Waals surface area contributed by atoms with Crippen molar-refractivity contribution >= 4 is 5.96 Å². The second-order valence-corrected chi connectivity index (χ2v) is 4.76. The maximum absolute atomic E-state index is 13.5. The Balaban J connectivity index is 2.41. The zero-order chi connectivity index (χ0) is 16.2. The minimum atomic E-state index is -0.246. The molecule has 0 saturated carbocycles. The van der Waals surface area contributed by atoms with Gasteiger partial charge in [0.15, 0.2) is 5.96 Å². The number of hydrogen-bond donors (Lipinski definition) is 2. The molecule has 1 rings (SSSR count). The second kappa shape index (κ2) is 11.0. The van der Waals surface area contributed by atoms with Crippen molar-refractivity contribution in [3.8, 4) is 0 Å². The molecule has 0 bridgehead atoms. The average molecular weight is 311 g/mol. The summed E-state index contributed by atoms with van der Waals surface area (Å²) in [5, 5.41) is 6.41. The third-order valence-electron chi connectivity index (χ3n) is 3.06. The Bertz CT molecular complexity index is 467. The van der Waals surface area contributed by atoms with E-state index in [1.165, 1.54) is 6.07 Å². The van der Waals surface area contributed by atoms with E-state index in [2.05, 4.69) is 15.6 Å². The Morgan fingerprint density at radius 3 is 2.82 bits per heavy atom. The van der Waals surface area contributed by atoms with E-state index >= 15 is 0 Å². The molecule has 0 radical (unpaired) electrons. The molecule has 0 fully saturated rings. The molecule has 2 N–H and O–H groups in total. The van der Waals surface area contributed by atoms with Crippen LogP contribution in [0.25, 0.3) is 0 Å². The minimum absolute atomic E-state index is 0.246. The SMILES string of the molecule is CCOCCCNC(=NC)NCc1ccc(F)c(COC)c1. The molecule has 0 saturated heterocycles. The van der Waals surface area contributed by atoms with Gasteiger partial charge in [-0.05, 0) is 31.0 Å². The first-order chi connectivity index (χ1) is 10.7. The van der Waals surface area contributed by atoms with Crippen molar-refractivity contribution in [3.63, 3.8) is 0 Å². The zero-order valence-electron chi connectivity index (χ0n) is 13.6. The largest absolute Gasteiger partial charge is 0.382 e. The molecule has 0 amide bonds. The van der Waals surface area contributed by atoms with Crippen LogP contribution in [0, 0.1) is 5.82 Å². The predicted molar refractivity (Wildman–Crippen MR) is 86.4 cm³/mol. The molecule has 6 heteroatoms. The highest BCUT2D eigenvalue weighted by atomic mass is 19.1. The summed E-state index contributed by atoms with van der Waals surface area (Å²) in [4.78, 5) is 4.15. The molecule has 124 valence electrons. The summed E-state index contributed by atoms with van der Waals surface area (Å²) in [6.07, 6.45) is 0.920. The highest BCUT2D eigenvalue weighted by Crippen LogP contribution is 2.11. The number of guanidine groups is 1. The third kappa shape index (κ3) is 6.87. The summed E-state index contributed by atoms with van der Waals surface area (Å²) in [6.45, 7) is 5.08. The van der Waals surface area contributed by atoms with Crippen LogP contribution in [0.15, 0.2) is 23.2 Å². The van der Waals surface area contributed by atoms with Gasteiger partial charge >= 0.3 is 0 Å². The van der Waals surface area contributed by atoms with E-state index in [-0.39, 0.29) is 12.4 Å². The van der Waals surface area contributed by atoms with Crippen LogP contribution < -0.4 is 10.6 Å². The predicted octanol–water partition coefficient (Wildman–Crippen LogP) is 2.06.